The van der Waals surface area contributed by atoms with E-state index in [0.29, 0.717) is 6.54 Å². The minimum atomic E-state index is -0.722. The molecule has 0 bridgehead atoms. The molecular weight excluding hydrogens is 312 g/mol. The van der Waals surface area contributed by atoms with Crippen molar-refractivity contribution >= 4 is 12.0 Å². The number of hydrogen-bond acceptors (Lipinski definition) is 5. The fourth-order valence-electron chi connectivity index (χ4n) is 2.69. The third kappa shape index (κ3) is 3.85. The number of morpholine rings is 1. The number of hydrogen-bond donors (Lipinski definition) is 1. The quantitative estimate of drug-likeness (QED) is 0.668. The van der Waals surface area contributed by atoms with Crippen LogP contribution in [0.25, 0.3) is 0 Å². The van der Waals surface area contributed by atoms with Crippen molar-refractivity contribution in [3.8, 4) is 0 Å². The highest BCUT2D eigenvalue weighted by molar-refractivity contribution is 5.87. The van der Waals surface area contributed by atoms with E-state index in [9.17, 15) is 9.59 Å². The van der Waals surface area contributed by atoms with Crippen molar-refractivity contribution in [1.82, 2.24) is 10.4 Å². The summed E-state index contributed by atoms with van der Waals surface area (Å²) in [4.78, 5) is 31.3. The molecule has 1 aromatic rings. The van der Waals surface area contributed by atoms with Gasteiger partial charge in [0.25, 0.3) is 5.91 Å². The molecule has 1 N–H and O–H groups in total. The van der Waals surface area contributed by atoms with Crippen LogP contribution in [0.2, 0.25) is 0 Å². The van der Waals surface area contributed by atoms with Crippen LogP contribution in [-0.4, -0.2) is 47.3 Å². The van der Waals surface area contributed by atoms with Crippen LogP contribution in [0.4, 0.5) is 4.79 Å². The maximum atomic E-state index is 12.4. The maximum absolute atomic E-state index is 12.4. The molecule has 7 heteroatoms. The van der Waals surface area contributed by atoms with E-state index in [2.05, 4.69) is 5.48 Å². The van der Waals surface area contributed by atoms with Crippen LogP contribution in [0.1, 0.15) is 26.3 Å². The van der Waals surface area contributed by atoms with Crippen molar-refractivity contribution in [1.29, 1.82) is 0 Å². The summed E-state index contributed by atoms with van der Waals surface area (Å²) in [6, 6.07) is 8.77. The molecule has 0 aliphatic carbocycles. The second kappa shape index (κ2) is 6.41. The van der Waals surface area contributed by atoms with Crippen LogP contribution in [0.3, 0.4) is 0 Å². The Hall–Kier alpha value is -2.12. The van der Waals surface area contributed by atoms with Gasteiger partial charge in [0.15, 0.2) is 0 Å². The van der Waals surface area contributed by atoms with Gasteiger partial charge in [-0.25, -0.2) is 10.3 Å². The van der Waals surface area contributed by atoms with E-state index in [1.807, 2.05) is 30.3 Å². The number of ether oxygens (including phenoxy) is 2. The second-order valence-corrected chi connectivity index (χ2v) is 6.96. The molecule has 130 valence electrons. The molecule has 0 spiro atoms. The second-order valence-electron chi connectivity index (χ2n) is 6.96. The van der Waals surface area contributed by atoms with Crippen molar-refractivity contribution < 1.29 is 23.9 Å². The number of epoxide rings is 1. The number of carbonyl (C=O) groups is 2. The molecule has 3 atom stereocenters. The number of carbonyl (C=O) groups excluding carboxylic acids is 2. The molecule has 2 unspecified atom stereocenters. The highest BCUT2D eigenvalue weighted by Crippen LogP contribution is 2.37. The van der Waals surface area contributed by atoms with Gasteiger partial charge >= 0.3 is 6.09 Å². The smallest absolute Gasteiger partial charge is 0.411 e. The molecule has 2 fully saturated rings. The molecule has 0 aromatic heterocycles. The predicted octanol–water partition coefficient (Wildman–Crippen LogP) is 1.62. The molecule has 2 aliphatic rings. The molecule has 2 saturated heterocycles. The third-order valence-electron chi connectivity index (χ3n) is 3.80. The average Bonchev–Trinajstić information content (AvgIpc) is 3.16. The molecular formula is C17H22N2O5. The van der Waals surface area contributed by atoms with Gasteiger partial charge in [0, 0.05) is 0 Å². The summed E-state index contributed by atoms with van der Waals surface area (Å²) in [5.41, 5.74) is 2.73. The van der Waals surface area contributed by atoms with E-state index >= 15 is 0 Å². The predicted molar refractivity (Wildman–Crippen MR) is 84.8 cm³/mol. The topological polar surface area (TPSA) is 80.4 Å². The van der Waals surface area contributed by atoms with Crippen molar-refractivity contribution in [3.05, 3.63) is 35.9 Å². The number of nitrogens with zero attached hydrogens (tertiary/aromatic N) is 1. The van der Waals surface area contributed by atoms with Gasteiger partial charge in [0.05, 0.1) is 13.2 Å². The van der Waals surface area contributed by atoms with Gasteiger partial charge in [-0.1, -0.05) is 30.3 Å². The van der Waals surface area contributed by atoms with E-state index in [-0.39, 0.29) is 18.8 Å². The third-order valence-corrected chi connectivity index (χ3v) is 3.80. The van der Waals surface area contributed by atoms with Crippen molar-refractivity contribution in [3.63, 3.8) is 0 Å². The van der Waals surface area contributed by atoms with Gasteiger partial charge in [-0.3, -0.25) is 14.5 Å². The van der Waals surface area contributed by atoms with Gasteiger partial charge < -0.3 is 9.47 Å². The molecule has 24 heavy (non-hydrogen) atoms. The highest BCUT2D eigenvalue weighted by Gasteiger charge is 2.60. The first-order valence-corrected chi connectivity index (χ1v) is 7.96. The Morgan fingerprint density at radius 2 is 2.00 bits per heavy atom. The standard InChI is InChI=1S/C17H22N2O5/c1-17(2,3)24-16(21)19-9-12-14(23-12)13(19)15(20)18-22-10-11-7-5-4-6-8-11/h4-8,12-14H,9-10H2,1-3H3,(H,18,20)/t12?,13-,14?/m0/s1. The fourth-order valence-corrected chi connectivity index (χ4v) is 2.69. The van der Waals surface area contributed by atoms with E-state index in [1.165, 1.54) is 4.90 Å². The minimum absolute atomic E-state index is 0.0950. The van der Waals surface area contributed by atoms with E-state index in [0.717, 1.165) is 5.56 Å². The van der Waals surface area contributed by atoms with Crippen LogP contribution in [0, 0.1) is 0 Å². The zero-order valence-corrected chi connectivity index (χ0v) is 14.0. The van der Waals surface area contributed by atoms with E-state index < -0.39 is 23.6 Å². The first-order chi connectivity index (χ1) is 11.3. The molecule has 1 aromatic carbocycles. The highest BCUT2D eigenvalue weighted by atomic mass is 16.7. The summed E-state index contributed by atoms with van der Waals surface area (Å²) in [7, 11) is 0. The van der Waals surface area contributed by atoms with E-state index in [4.69, 9.17) is 14.3 Å². The number of rotatable bonds is 4. The summed E-state index contributed by atoms with van der Waals surface area (Å²) in [6.07, 6.45) is -0.887. The molecule has 3 rings (SSSR count). The number of fused-ring (bicyclic) bond motifs is 1. The summed E-state index contributed by atoms with van der Waals surface area (Å²) in [5, 5.41) is 0. The lowest BCUT2D eigenvalue weighted by molar-refractivity contribution is -0.140. The van der Waals surface area contributed by atoms with Gasteiger partial charge in [-0.2, -0.15) is 0 Å². The largest absolute Gasteiger partial charge is 0.444 e. The molecule has 7 nitrogen and oxygen atoms in total. The Morgan fingerprint density at radius 1 is 1.29 bits per heavy atom. The van der Waals surface area contributed by atoms with Crippen LogP contribution in [0.15, 0.2) is 30.3 Å². The SMILES string of the molecule is CC(C)(C)OC(=O)N1CC2OC2[C@H]1C(=O)NOCc1ccccc1. The zero-order chi connectivity index (χ0) is 17.3. The van der Waals surface area contributed by atoms with Gasteiger partial charge in [-0.15, -0.1) is 0 Å². The molecule has 2 heterocycles. The minimum Gasteiger partial charge on any atom is -0.444 e. The normalized spacial score (nSPS) is 25.1. The van der Waals surface area contributed by atoms with Crippen LogP contribution >= 0.6 is 0 Å². The zero-order valence-electron chi connectivity index (χ0n) is 14.0. The Morgan fingerprint density at radius 3 is 2.67 bits per heavy atom. The number of hydroxylamine groups is 1. The van der Waals surface area contributed by atoms with Crippen molar-refractivity contribution in [2.24, 2.45) is 0 Å². The molecule has 0 radical (unpaired) electrons. The summed E-state index contributed by atoms with van der Waals surface area (Å²) in [5.74, 6) is -0.401. The van der Waals surface area contributed by atoms with Crippen LogP contribution in [0.5, 0.6) is 0 Å². The molecule has 2 aliphatic heterocycles. The lowest BCUT2D eigenvalue weighted by Crippen LogP contribution is -2.50. The number of amides is 2. The van der Waals surface area contributed by atoms with Gasteiger partial charge in [0.2, 0.25) is 0 Å². The Bertz CT molecular complexity index is 613. The fraction of sp³-hybridized carbons (Fsp3) is 0.529. The van der Waals surface area contributed by atoms with Crippen LogP contribution in [-0.2, 0) is 25.7 Å². The number of likely N-dealkylation sites (tertiary alicyclic amines) is 1. The summed E-state index contributed by atoms with van der Waals surface area (Å²) in [6.45, 7) is 5.97. The summed E-state index contributed by atoms with van der Waals surface area (Å²) < 4.78 is 10.8. The Balaban J connectivity index is 1.55. The van der Waals surface area contributed by atoms with E-state index in [1.54, 1.807) is 20.8 Å². The van der Waals surface area contributed by atoms with Crippen LogP contribution < -0.4 is 5.48 Å². The molecule has 0 saturated carbocycles. The lowest BCUT2D eigenvalue weighted by Gasteiger charge is -2.29. The average molecular weight is 334 g/mol. The Labute approximate surface area is 140 Å². The summed E-state index contributed by atoms with van der Waals surface area (Å²) >= 11 is 0. The number of benzene rings is 1. The monoisotopic (exact) mass is 334 g/mol. The van der Waals surface area contributed by atoms with Crippen molar-refractivity contribution in [2.45, 2.75) is 51.2 Å². The van der Waals surface area contributed by atoms with Gasteiger partial charge in [-0.05, 0) is 26.3 Å². The van der Waals surface area contributed by atoms with Crippen molar-refractivity contribution in [2.75, 3.05) is 6.54 Å². The molecule has 2 amide bonds. The maximum Gasteiger partial charge on any atom is 0.411 e. The first-order valence-electron chi connectivity index (χ1n) is 7.96. The first kappa shape index (κ1) is 16.7. The lowest BCUT2D eigenvalue weighted by atomic mass is 10.2. The number of nitrogens with one attached hydrogen (secondary N) is 1. The Kier molecular flexibility index (Phi) is 4.47. The van der Waals surface area contributed by atoms with Gasteiger partial charge in [0.1, 0.15) is 23.9 Å².